The molecule has 0 radical (unpaired) electrons. The van der Waals surface area contributed by atoms with Crippen molar-refractivity contribution in [3.05, 3.63) is 52.6 Å². The number of nitrogens with zero attached hydrogens (tertiary/aromatic N) is 5. The molecule has 1 aliphatic heterocycles. The highest BCUT2D eigenvalue weighted by molar-refractivity contribution is 5.89. The van der Waals surface area contributed by atoms with Gasteiger partial charge in [0, 0.05) is 44.5 Å². The summed E-state index contributed by atoms with van der Waals surface area (Å²) in [7, 11) is 0. The Morgan fingerprint density at radius 2 is 1.67 bits per heavy atom. The Morgan fingerprint density at radius 3 is 2.21 bits per heavy atom. The van der Waals surface area contributed by atoms with Crippen molar-refractivity contribution in [2.45, 2.75) is 77.4 Å². The van der Waals surface area contributed by atoms with E-state index in [1.807, 2.05) is 12.1 Å². The van der Waals surface area contributed by atoms with Gasteiger partial charge >= 0.3 is 11.7 Å². The van der Waals surface area contributed by atoms with Crippen LogP contribution >= 0.6 is 0 Å². The van der Waals surface area contributed by atoms with E-state index in [-0.39, 0.29) is 17.8 Å². The van der Waals surface area contributed by atoms with Crippen LogP contribution in [0.4, 0.5) is 10.6 Å². The first-order chi connectivity index (χ1) is 20.0. The number of carbonyl (C=O) groups excluding carboxylic acids is 2. The predicted octanol–water partition coefficient (Wildman–Crippen LogP) is 2.42. The summed E-state index contributed by atoms with van der Waals surface area (Å²) in [5.41, 5.74) is 12.3. The molecule has 1 aliphatic carbocycles. The maximum atomic E-state index is 12.8. The minimum absolute atomic E-state index is 0.140. The number of anilines is 1. The van der Waals surface area contributed by atoms with E-state index >= 15 is 0 Å². The van der Waals surface area contributed by atoms with Crippen molar-refractivity contribution in [3.8, 4) is 5.69 Å². The first kappa shape index (κ1) is 31.7. The van der Waals surface area contributed by atoms with E-state index in [1.165, 1.54) is 35.8 Å². The lowest BCUT2D eigenvalue weighted by Crippen LogP contribution is -2.58. The number of urea groups is 1. The number of amides is 3. The Kier molecular flexibility index (Phi) is 10.4. The van der Waals surface area contributed by atoms with Crippen molar-refractivity contribution in [1.29, 1.82) is 0 Å². The number of nitrogens with one attached hydrogen (secondary N) is 1. The van der Waals surface area contributed by atoms with Crippen LogP contribution in [0, 0.1) is 5.92 Å². The van der Waals surface area contributed by atoms with Gasteiger partial charge in [-0.2, -0.15) is 4.98 Å². The summed E-state index contributed by atoms with van der Waals surface area (Å²) in [6.07, 6.45) is 7.44. The lowest BCUT2D eigenvalue weighted by molar-refractivity contribution is -0.137. The molecule has 2 heterocycles. The zero-order valence-electron chi connectivity index (χ0n) is 25.6. The summed E-state index contributed by atoms with van der Waals surface area (Å²) in [5.74, 6) is 0.724. The van der Waals surface area contributed by atoms with Crippen molar-refractivity contribution < 1.29 is 9.59 Å². The first-order valence-corrected chi connectivity index (χ1v) is 15.3. The molecule has 42 heavy (non-hydrogen) atoms. The normalized spacial score (nSPS) is 20.5. The quantitative estimate of drug-likeness (QED) is 0.413. The van der Waals surface area contributed by atoms with Gasteiger partial charge in [0.15, 0.2) is 0 Å². The van der Waals surface area contributed by atoms with Crippen LogP contribution in [0.15, 0.2) is 41.3 Å². The molecule has 1 atom stereocenters. The van der Waals surface area contributed by atoms with E-state index in [0.717, 1.165) is 25.2 Å². The molecule has 3 amide bonds. The molecule has 11 nitrogen and oxygen atoms in total. The van der Waals surface area contributed by atoms with Gasteiger partial charge in [-0.3, -0.25) is 19.6 Å². The van der Waals surface area contributed by atoms with Gasteiger partial charge < -0.3 is 21.3 Å². The van der Waals surface area contributed by atoms with Crippen molar-refractivity contribution in [3.63, 3.8) is 0 Å². The predicted molar refractivity (Wildman–Crippen MR) is 166 cm³/mol. The minimum atomic E-state index is -0.947. The highest BCUT2D eigenvalue weighted by Crippen LogP contribution is 2.28. The molecule has 2 aliphatic rings. The Bertz CT molecular complexity index is 1260. The summed E-state index contributed by atoms with van der Waals surface area (Å²) >= 11 is 0. The van der Waals surface area contributed by atoms with E-state index in [4.69, 9.17) is 11.5 Å². The number of rotatable bonds is 9. The lowest BCUT2D eigenvalue weighted by atomic mass is 9.84. The fourth-order valence-electron chi connectivity index (χ4n) is 6.27. The molecule has 2 fully saturated rings. The summed E-state index contributed by atoms with van der Waals surface area (Å²) in [5, 5.41) is 2.71. The van der Waals surface area contributed by atoms with Gasteiger partial charge in [-0.1, -0.05) is 19.1 Å². The highest BCUT2D eigenvalue weighted by Gasteiger charge is 2.31. The fourth-order valence-corrected chi connectivity index (χ4v) is 6.27. The van der Waals surface area contributed by atoms with Crippen molar-refractivity contribution >= 4 is 17.8 Å². The van der Waals surface area contributed by atoms with Gasteiger partial charge in [0.05, 0.1) is 11.2 Å². The molecule has 1 unspecified atom stereocenters. The number of piperazine rings is 1. The zero-order chi connectivity index (χ0) is 30.4. The Labute approximate surface area is 249 Å². The smallest absolute Gasteiger partial charge is 0.338 e. The number of carbonyl (C=O) groups is 2. The number of hydrogen-bond donors (Lipinski definition) is 3. The molecule has 1 aromatic carbocycles. The van der Waals surface area contributed by atoms with Crippen LogP contribution in [0.1, 0.15) is 58.9 Å². The topological polar surface area (TPSA) is 143 Å². The van der Waals surface area contributed by atoms with Gasteiger partial charge in [-0.15, -0.1) is 0 Å². The molecule has 1 saturated heterocycles. The monoisotopic (exact) mass is 580 g/mol. The average molecular weight is 581 g/mol. The van der Waals surface area contributed by atoms with Crippen LogP contribution in [0.5, 0.6) is 0 Å². The second kappa shape index (κ2) is 13.8. The number of benzene rings is 1. The SMILES string of the molecule is CCN(C(C)Cc1ccc(-n2ccc(NC(=O)N3CCN(C(=O)C(C)(C)N)CC3)nc2=O)cc1)C1CCC(CN)CC1. The van der Waals surface area contributed by atoms with E-state index < -0.39 is 11.2 Å². The van der Waals surface area contributed by atoms with Crippen LogP contribution in [0.2, 0.25) is 0 Å². The number of hydrogen-bond acceptors (Lipinski definition) is 7. The van der Waals surface area contributed by atoms with Crippen molar-refractivity contribution in [1.82, 2.24) is 24.3 Å². The second-order valence-electron chi connectivity index (χ2n) is 12.4. The van der Waals surface area contributed by atoms with Crippen LogP contribution < -0.4 is 22.5 Å². The van der Waals surface area contributed by atoms with Crippen molar-refractivity contribution in [2.24, 2.45) is 17.4 Å². The van der Waals surface area contributed by atoms with Gasteiger partial charge in [0.1, 0.15) is 5.82 Å². The fraction of sp³-hybridized carbons (Fsp3) is 0.613. The average Bonchev–Trinajstić information content (AvgIpc) is 2.98. The number of aromatic nitrogens is 2. The van der Waals surface area contributed by atoms with E-state index in [9.17, 15) is 14.4 Å². The van der Waals surface area contributed by atoms with E-state index in [0.29, 0.717) is 44.2 Å². The summed E-state index contributed by atoms with van der Waals surface area (Å²) in [6, 6.07) is 10.3. The molecular formula is C31H48N8O3. The lowest BCUT2D eigenvalue weighted by Gasteiger charge is -2.39. The third-order valence-corrected chi connectivity index (χ3v) is 8.74. The summed E-state index contributed by atoms with van der Waals surface area (Å²) in [6.45, 7) is 11.3. The van der Waals surface area contributed by atoms with Crippen LogP contribution in [-0.2, 0) is 11.2 Å². The molecule has 11 heteroatoms. The van der Waals surface area contributed by atoms with Gasteiger partial charge in [0.25, 0.3) is 0 Å². The molecule has 2 aromatic rings. The summed E-state index contributed by atoms with van der Waals surface area (Å²) < 4.78 is 1.47. The largest absolute Gasteiger partial charge is 0.354 e. The highest BCUT2D eigenvalue weighted by atomic mass is 16.2. The molecule has 0 bridgehead atoms. The Morgan fingerprint density at radius 1 is 1.05 bits per heavy atom. The van der Waals surface area contributed by atoms with Crippen LogP contribution in [0.3, 0.4) is 0 Å². The van der Waals surface area contributed by atoms with Crippen LogP contribution in [0.25, 0.3) is 5.69 Å². The maximum absolute atomic E-state index is 12.8. The van der Waals surface area contributed by atoms with Gasteiger partial charge in [-0.05, 0) is 95.6 Å². The van der Waals surface area contributed by atoms with Crippen LogP contribution in [-0.4, -0.2) is 93.1 Å². The molecule has 4 rings (SSSR count). The number of likely N-dealkylation sites (N-methyl/N-ethyl adjacent to an activating group) is 1. The summed E-state index contributed by atoms with van der Waals surface area (Å²) in [4.78, 5) is 48.0. The third-order valence-electron chi connectivity index (χ3n) is 8.74. The minimum Gasteiger partial charge on any atom is -0.338 e. The molecule has 230 valence electrons. The second-order valence-corrected chi connectivity index (χ2v) is 12.4. The number of nitrogens with two attached hydrogens (primary N) is 2. The van der Waals surface area contributed by atoms with E-state index in [1.54, 1.807) is 35.9 Å². The van der Waals surface area contributed by atoms with Crippen molar-refractivity contribution in [2.75, 3.05) is 44.6 Å². The Balaban J connectivity index is 1.31. The van der Waals surface area contributed by atoms with Gasteiger partial charge in [-0.25, -0.2) is 9.59 Å². The zero-order valence-corrected chi connectivity index (χ0v) is 25.6. The Hall–Kier alpha value is -3.28. The molecule has 1 saturated carbocycles. The van der Waals surface area contributed by atoms with E-state index in [2.05, 4.69) is 41.2 Å². The molecular weight excluding hydrogens is 532 g/mol. The molecule has 1 aromatic heterocycles. The first-order valence-electron chi connectivity index (χ1n) is 15.3. The molecule has 0 spiro atoms. The maximum Gasteiger partial charge on any atom is 0.354 e. The molecule has 5 N–H and O–H groups in total. The third kappa shape index (κ3) is 7.76. The van der Waals surface area contributed by atoms with Gasteiger partial charge in [0.2, 0.25) is 5.91 Å². The standard InChI is InChI=1S/C31H48N8O3/c1-5-38(25-12-8-24(21-32)9-13-25)22(2)20-23-6-10-26(11-7-23)39-15-14-27(35-30(39)42)34-29(41)37-18-16-36(17-19-37)28(40)31(3,4)33/h6-7,10-11,14-15,22,24-25H,5,8-9,12-13,16-21,32-33H2,1-4H3,(H,34,35,41,42).